The fourth-order valence-corrected chi connectivity index (χ4v) is 5.94. The summed E-state index contributed by atoms with van der Waals surface area (Å²) in [6, 6.07) is 12.9. The zero-order valence-corrected chi connectivity index (χ0v) is 23.0. The number of benzene rings is 3. The number of nitrogens with zero attached hydrogens (tertiary/aromatic N) is 2. The summed E-state index contributed by atoms with van der Waals surface area (Å²) < 4.78 is 37.2. The van der Waals surface area contributed by atoms with Crippen molar-refractivity contribution in [3.63, 3.8) is 0 Å². The number of hydrogen-bond donors (Lipinski definition) is 1. The van der Waals surface area contributed by atoms with E-state index in [2.05, 4.69) is 4.98 Å². The van der Waals surface area contributed by atoms with Crippen molar-refractivity contribution in [1.29, 1.82) is 0 Å². The molecule has 2 aliphatic heterocycles. The highest BCUT2D eigenvalue weighted by molar-refractivity contribution is 7.22. The van der Waals surface area contributed by atoms with E-state index >= 15 is 0 Å². The molecule has 3 aromatic carbocycles. The monoisotopic (exact) mass is 576 g/mol. The second-order valence-corrected chi connectivity index (χ2v) is 10.2. The van der Waals surface area contributed by atoms with Gasteiger partial charge < -0.3 is 24.1 Å². The van der Waals surface area contributed by atoms with Crippen LogP contribution >= 0.6 is 11.3 Å². The lowest BCUT2D eigenvalue weighted by Gasteiger charge is -2.24. The van der Waals surface area contributed by atoms with Crippen molar-refractivity contribution in [3.05, 3.63) is 77.1 Å². The Morgan fingerprint density at radius 2 is 1.76 bits per heavy atom. The molecule has 2 aliphatic rings. The lowest BCUT2D eigenvalue weighted by molar-refractivity contribution is -0.132. The minimum Gasteiger partial charge on any atom is -0.507 e. The van der Waals surface area contributed by atoms with Gasteiger partial charge in [0.05, 0.1) is 35.0 Å². The van der Waals surface area contributed by atoms with Gasteiger partial charge in [-0.25, -0.2) is 9.37 Å². The zero-order chi connectivity index (χ0) is 28.7. The highest BCUT2D eigenvalue weighted by Gasteiger charge is 2.48. The quantitative estimate of drug-likeness (QED) is 0.171. The molecule has 1 atom stereocenters. The number of thiazole rings is 1. The molecule has 41 heavy (non-hydrogen) atoms. The minimum absolute atomic E-state index is 0.135. The second-order valence-electron chi connectivity index (χ2n) is 9.21. The van der Waals surface area contributed by atoms with E-state index in [4.69, 9.17) is 18.9 Å². The molecular formula is C30H25FN2O7S. The van der Waals surface area contributed by atoms with Crippen LogP contribution in [0.25, 0.3) is 16.0 Å². The fourth-order valence-electron chi connectivity index (χ4n) is 4.92. The van der Waals surface area contributed by atoms with Gasteiger partial charge in [0, 0.05) is 5.56 Å². The van der Waals surface area contributed by atoms with Crippen LogP contribution in [0, 0.1) is 5.82 Å². The molecule has 0 bridgehead atoms. The number of hydrogen-bond acceptors (Lipinski definition) is 9. The number of carbonyl (C=O) groups is 2. The van der Waals surface area contributed by atoms with Crippen LogP contribution in [0.15, 0.2) is 60.2 Å². The molecule has 6 rings (SSSR count). The summed E-state index contributed by atoms with van der Waals surface area (Å²) in [5, 5.41) is 11.7. The van der Waals surface area contributed by atoms with Crippen molar-refractivity contribution >= 4 is 44.1 Å². The highest BCUT2D eigenvalue weighted by Crippen LogP contribution is 2.46. The van der Waals surface area contributed by atoms with Crippen LogP contribution in [0.5, 0.6) is 23.0 Å². The van der Waals surface area contributed by atoms with Crippen molar-refractivity contribution < 1.29 is 38.0 Å². The number of anilines is 1. The Hall–Kier alpha value is -4.64. The molecule has 9 nitrogen and oxygen atoms in total. The van der Waals surface area contributed by atoms with Crippen molar-refractivity contribution in [3.8, 4) is 23.0 Å². The van der Waals surface area contributed by atoms with E-state index in [0.717, 1.165) is 11.3 Å². The summed E-state index contributed by atoms with van der Waals surface area (Å²) in [5.74, 6) is -0.747. The third kappa shape index (κ3) is 4.71. The molecule has 210 valence electrons. The number of rotatable bonds is 7. The Labute approximate surface area is 238 Å². The van der Waals surface area contributed by atoms with Crippen molar-refractivity contribution in [2.45, 2.75) is 19.9 Å². The lowest BCUT2D eigenvalue weighted by Crippen LogP contribution is -2.29. The molecular weight excluding hydrogens is 551 g/mol. The van der Waals surface area contributed by atoms with Gasteiger partial charge in [-0.1, -0.05) is 17.4 Å². The highest BCUT2D eigenvalue weighted by atomic mass is 32.1. The van der Waals surface area contributed by atoms with Crippen LogP contribution in [0.4, 0.5) is 9.52 Å². The number of fused-ring (bicyclic) bond motifs is 2. The molecule has 0 aliphatic carbocycles. The van der Waals surface area contributed by atoms with E-state index < -0.39 is 23.5 Å². The van der Waals surface area contributed by atoms with E-state index in [-0.39, 0.29) is 22.0 Å². The first-order chi connectivity index (χ1) is 19.9. The van der Waals surface area contributed by atoms with Gasteiger partial charge >= 0.3 is 5.91 Å². The Balaban J connectivity index is 1.55. The van der Waals surface area contributed by atoms with E-state index in [9.17, 15) is 19.1 Å². The molecule has 4 aromatic rings. The predicted octanol–water partition coefficient (Wildman–Crippen LogP) is 5.63. The molecule has 1 saturated heterocycles. The predicted molar refractivity (Wildman–Crippen MR) is 151 cm³/mol. The maximum Gasteiger partial charge on any atom is 0.301 e. The Kier molecular flexibility index (Phi) is 6.96. The first-order valence-corrected chi connectivity index (χ1v) is 13.9. The molecule has 0 saturated carbocycles. The fraction of sp³-hybridized carbons (Fsp3) is 0.233. The van der Waals surface area contributed by atoms with Crippen molar-refractivity contribution in [1.82, 2.24) is 4.98 Å². The van der Waals surface area contributed by atoms with Gasteiger partial charge in [-0.05, 0) is 67.9 Å². The molecule has 1 N–H and O–H groups in total. The van der Waals surface area contributed by atoms with Gasteiger partial charge in [0.15, 0.2) is 28.1 Å². The van der Waals surface area contributed by atoms with E-state index in [0.29, 0.717) is 65.2 Å². The van der Waals surface area contributed by atoms with Crippen LogP contribution in [0.2, 0.25) is 0 Å². The van der Waals surface area contributed by atoms with Crippen LogP contribution in [-0.2, 0) is 9.59 Å². The Bertz CT molecular complexity index is 1720. The third-order valence-electron chi connectivity index (χ3n) is 6.69. The first-order valence-electron chi connectivity index (χ1n) is 13.1. The second kappa shape index (κ2) is 10.7. The number of aliphatic hydroxyl groups is 1. The number of aliphatic hydroxyl groups excluding tert-OH is 1. The normalized spacial score (nSPS) is 17.7. The van der Waals surface area contributed by atoms with Gasteiger partial charge in [0.1, 0.15) is 24.8 Å². The number of ketones is 1. The standard InChI is InChI=1S/C30H25FN2O7S/c1-3-37-20-9-5-16(13-22(20)38-4-2)26-25(27(34)17-6-10-21-23(14-17)40-12-11-39-21)28(35)29(36)33(26)30-32-19-8-7-18(31)15-24(19)41-30/h5-10,13-15,26,34H,3-4,11-12H2,1-2H3. The van der Waals surface area contributed by atoms with Gasteiger partial charge in [0.2, 0.25) is 0 Å². The van der Waals surface area contributed by atoms with Gasteiger partial charge in [-0.2, -0.15) is 0 Å². The summed E-state index contributed by atoms with van der Waals surface area (Å²) in [4.78, 5) is 33.0. The number of halogens is 1. The molecule has 1 amide bonds. The molecule has 0 radical (unpaired) electrons. The van der Waals surface area contributed by atoms with E-state index in [1.165, 1.54) is 23.1 Å². The van der Waals surface area contributed by atoms with Crippen LogP contribution in [0.3, 0.4) is 0 Å². The van der Waals surface area contributed by atoms with Gasteiger partial charge in [-0.15, -0.1) is 0 Å². The van der Waals surface area contributed by atoms with E-state index in [1.54, 1.807) is 36.4 Å². The molecule has 0 spiro atoms. The first kappa shape index (κ1) is 26.6. The van der Waals surface area contributed by atoms with Crippen molar-refractivity contribution in [2.24, 2.45) is 0 Å². The summed E-state index contributed by atoms with van der Waals surface area (Å²) in [5.41, 5.74) is 1.10. The topological polar surface area (TPSA) is 107 Å². The maximum absolute atomic E-state index is 14.0. The number of ether oxygens (including phenoxy) is 4. The van der Waals surface area contributed by atoms with Gasteiger partial charge in [-0.3, -0.25) is 14.5 Å². The summed E-state index contributed by atoms with van der Waals surface area (Å²) >= 11 is 1.07. The average molecular weight is 577 g/mol. The molecule has 11 heteroatoms. The smallest absolute Gasteiger partial charge is 0.301 e. The molecule has 3 heterocycles. The molecule has 1 unspecified atom stereocenters. The number of carbonyl (C=O) groups excluding carboxylic acids is 2. The third-order valence-corrected chi connectivity index (χ3v) is 7.71. The van der Waals surface area contributed by atoms with Crippen LogP contribution in [0.1, 0.15) is 31.0 Å². The number of aromatic nitrogens is 1. The minimum atomic E-state index is -1.07. The average Bonchev–Trinajstić information content (AvgIpc) is 3.51. The molecule has 1 aromatic heterocycles. The largest absolute Gasteiger partial charge is 0.507 e. The summed E-state index contributed by atoms with van der Waals surface area (Å²) in [6.07, 6.45) is 0. The van der Waals surface area contributed by atoms with Crippen molar-refractivity contribution in [2.75, 3.05) is 31.3 Å². The SMILES string of the molecule is CCOc1ccc(C2C(=C(O)c3ccc4c(c3)OCCO4)C(=O)C(=O)N2c2nc3ccc(F)cc3s2)cc1OCC. The number of amides is 1. The summed E-state index contributed by atoms with van der Waals surface area (Å²) in [6.45, 7) is 5.18. The lowest BCUT2D eigenvalue weighted by atomic mass is 9.95. The van der Waals surface area contributed by atoms with Gasteiger partial charge in [0.25, 0.3) is 5.78 Å². The Morgan fingerprint density at radius 1 is 1.00 bits per heavy atom. The maximum atomic E-state index is 14.0. The molecule has 1 fully saturated rings. The Morgan fingerprint density at radius 3 is 2.54 bits per heavy atom. The summed E-state index contributed by atoms with van der Waals surface area (Å²) in [7, 11) is 0. The zero-order valence-electron chi connectivity index (χ0n) is 22.2. The van der Waals surface area contributed by atoms with Crippen LogP contribution < -0.4 is 23.8 Å². The number of Topliss-reactive ketones (excluding diaryl/α,β-unsaturated/α-hetero) is 1. The van der Waals surface area contributed by atoms with E-state index in [1.807, 2.05) is 13.8 Å². The van der Waals surface area contributed by atoms with Crippen LogP contribution in [-0.4, -0.2) is 48.2 Å².